The molecule has 0 aromatic carbocycles. The van der Waals surface area contributed by atoms with Gasteiger partial charge in [0.1, 0.15) is 11.9 Å². The summed E-state index contributed by atoms with van der Waals surface area (Å²) in [6, 6.07) is 2.15. The zero-order valence-corrected chi connectivity index (χ0v) is 9.62. The molecule has 1 aliphatic heterocycles. The van der Waals surface area contributed by atoms with Crippen molar-refractivity contribution in [3.05, 3.63) is 15.8 Å². The molecule has 1 aliphatic rings. The SMILES string of the molecule is Cc1cc(OC2CCCNC2)c(C)s1. The van der Waals surface area contributed by atoms with Gasteiger partial charge in [-0.15, -0.1) is 11.3 Å². The van der Waals surface area contributed by atoms with Gasteiger partial charge in [-0.25, -0.2) is 0 Å². The first-order valence-corrected chi connectivity index (χ1v) is 6.02. The molecule has 1 fully saturated rings. The van der Waals surface area contributed by atoms with Gasteiger partial charge in [0.2, 0.25) is 0 Å². The van der Waals surface area contributed by atoms with E-state index < -0.39 is 0 Å². The predicted octanol–water partition coefficient (Wildman–Crippen LogP) is 2.50. The van der Waals surface area contributed by atoms with Crippen LogP contribution in [-0.4, -0.2) is 19.2 Å². The first-order chi connectivity index (χ1) is 6.75. The van der Waals surface area contributed by atoms with Gasteiger partial charge < -0.3 is 10.1 Å². The van der Waals surface area contributed by atoms with Crippen LogP contribution in [0.1, 0.15) is 22.6 Å². The number of hydrogen-bond acceptors (Lipinski definition) is 3. The van der Waals surface area contributed by atoms with E-state index in [2.05, 4.69) is 25.2 Å². The molecule has 2 nitrogen and oxygen atoms in total. The summed E-state index contributed by atoms with van der Waals surface area (Å²) in [6.45, 7) is 6.39. The fourth-order valence-corrected chi connectivity index (χ4v) is 2.68. The van der Waals surface area contributed by atoms with E-state index >= 15 is 0 Å². The van der Waals surface area contributed by atoms with Crippen molar-refractivity contribution in [1.82, 2.24) is 5.32 Å². The van der Waals surface area contributed by atoms with Crippen molar-refractivity contribution in [2.24, 2.45) is 0 Å². The first kappa shape index (κ1) is 9.99. The molecule has 14 heavy (non-hydrogen) atoms. The summed E-state index contributed by atoms with van der Waals surface area (Å²) in [5.74, 6) is 1.08. The lowest BCUT2D eigenvalue weighted by Gasteiger charge is -2.23. The molecule has 0 bridgehead atoms. The maximum absolute atomic E-state index is 5.95. The van der Waals surface area contributed by atoms with Gasteiger partial charge in [0.15, 0.2) is 0 Å². The Bertz CT molecular complexity index is 302. The number of hydrogen-bond donors (Lipinski definition) is 1. The summed E-state index contributed by atoms with van der Waals surface area (Å²) in [5.41, 5.74) is 0. The van der Waals surface area contributed by atoms with E-state index in [0.29, 0.717) is 6.10 Å². The molecule has 3 heteroatoms. The van der Waals surface area contributed by atoms with Gasteiger partial charge in [0, 0.05) is 16.3 Å². The number of aryl methyl sites for hydroxylation is 2. The third kappa shape index (κ3) is 2.28. The lowest BCUT2D eigenvalue weighted by molar-refractivity contribution is 0.167. The molecule has 1 atom stereocenters. The van der Waals surface area contributed by atoms with Crippen molar-refractivity contribution < 1.29 is 4.74 Å². The van der Waals surface area contributed by atoms with Crippen LogP contribution in [0.15, 0.2) is 6.07 Å². The van der Waals surface area contributed by atoms with Gasteiger partial charge >= 0.3 is 0 Å². The average Bonchev–Trinajstić information content (AvgIpc) is 2.47. The highest BCUT2D eigenvalue weighted by Gasteiger charge is 2.15. The molecule has 1 saturated heterocycles. The molecule has 0 aliphatic carbocycles. The lowest BCUT2D eigenvalue weighted by Crippen LogP contribution is -2.37. The highest BCUT2D eigenvalue weighted by Crippen LogP contribution is 2.29. The second-order valence-corrected chi connectivity index (χ2v) is 5.32. The van der Waals surface area contributed by atoms with E-state index in [4.69, 9.17) is 4.74 Å². The molecule has 78 valence electrons. The zero-order valence-electron chi connectivity index (χ0n) is 8.80. The Hall–Kier alpha value is -0.540. The van der Waals surface area contributed by atoms with Gasteiger partial charge in [-0.2, -0.15) is 0 Å². The Labute approximate surface area is 89.3 Å². The fraction of sp³-hybridized carbons (Fsp3) is 0.636. The Morgan fingerprint density at radius 3 is 2.93 bits per heavy atom. The Balaban J connectivity index is 1.98. The van der Waals surface area contributed by atoms with Crippen LogP contribution in [0, 0.1) is 13.8 Å². The molecular weight excluding hydrogens is 194 g/mol. The molecule has 1 aromatic heterocycles. The molecule has 0 amide bonds. The van der Waals surface area contributed by atoms with E-state index in [1.54, 1.807) is 0 Å². The van der Waals surface area contributed by atoms with E-state index in [1.165, 1.54) is 22.6 Å². The van der Waals surface area contributed by atoms with Gasteiger partial charge in [0.25, 0.3) is 0 Å². The number of nitrogens with one attached hydrogen (secondary N) is 1. The van der Waals surface area contributed by atoms with Gasteiger partial charge in [-0.05, 0) is 39.3 Å². The van der Waals surface area contributed by atoms with Crippen LogP contribution in [0.3, 0.4) is 0 Å². The van der Waals surface area contributed by atoms with Crippen LogP contribution < -0.4 is 10.1 Å². The lowest BCUT2D eigenvalue weighted by atomic mass is 10.1. The van der Waals surface area contributed by atoms with Gasteiger partial charge in [-0.3, -0.25) is 0 Å². The minimum absolute atomic E-state index is 0.372. The van der Waals surface area contributed by atoms with E-state index in [-0.39, 0.29) is 0 Å². The van der Waals surface area contributed by atoms with Crippen molar-refractivity contribution >= 4 is 11.3 Å². The molecule has 0 spiro atoms. The molecule has 2 heterocycles. The third-order valence-electron chi connectivity index (χ3n) is 2.54. The van der Waals surface area contributed by atoms with Crippen LogP contribution in [-0.2, 0) is 0 Å². The summed E-state index contributed by atoms with van der Waals surface area (Å²) in [6.07, 6.45) is 2.78. The number of piperidine rings is 1. The highest BCUT2D eigenvalue weighted by atomic mass is 32.1. The smallest absolute Gasteiger partial charge is 0.133 e. The van der Waals surface area contributed by atoms with Crippen LogP contribution in [0.5, 0.6) is 5.75 Å². The largest absolute Gasteiger partial charge is 0.488 e. The normalized spacial score (nSPS) is 22.3. The predicted molar refractivity (Wildman–Crippen MR) is 60.3 cm³/mol. The number of rotatable bonds is 2. The molecule has 1 unspecified atom stereocenters. The summed E-state index contributed by atoms with van der Waals surface area (Å²) >= 11 is 1.81. The minimum atomic E-state index is 0.372. The van der Waals surface area contributed by atoms with E-state index in [1.807, 2.05) is 11.3 Å². The Morgan fingerprint density at radius 1 is 1.50 bits per heavy atom. The van der Waals surface area contributed by atoms with Gasteiger partial charge in [-0.1, -0.05) is 0 Å². The second kappa shape index (κ2) is 4.32. The quantitative estimate of drug-likeness (QED) is 0.811. The topological polar surface area (TPSA) is 21.3 Å². The Morgan fingerprint density at radius 2 is 2.36 bits per heavy atom. The van der Waals surface area contributed by atoms with E-state index in [0.717, 1.165) is 18.8 Å². The van der Waals surface area contributed by atoms with Crippen molar-refractivity contribution in [3.8, 4) is 5.75 Å². The maximum atomic E-state index is 5.95. The van der Waals surface area contributed by atoms with Gasteiger partial charge in [0.05, 0.1) is 0 Å². The van der Waals surface area contributed by atoms with E-state index in [9.17, 15) is 0 Å². The standard InChI is InChI=1S/C11H17NOS/c1-8-6-11(9(2)14-8)13-10-4-3-5-12-7-10/h6,10,12H,3-5,7H2,1-2H3. The molecule has 0 radical (unpaired) electrons. The van der Waals surface area contributed by atoms with Crippen LogP contribution in [0.2, 0.25) is 0 Å². The number of thiophene rings is 1. The monoisotopic (exact) mass is 211 g/mol. The molecular formula is C11H17NOS. The van der Waals surface area contributed by atoms with Crippen molar-refractivity contribution in [2.75, 3.05) is 13.1 Å². The maximum Gasteiger partial charge on any atom is 0.133 e. The van der Waals surface area contributed by atoms with Crippen LogP contribution >= 0.6 is 11.3 Å². The highest BCUT2D eigenvalue weighted by molar-refractivity contribution is 7.12. The van der Waals surface area contributed by atoms with Crippen LogP contribution in [0.4, 0.5) is 0 Å². The number of ether oxygens (including phenoxy) is 1. The summed E-state index contributed by atoms with van der Waals surface area (Å²) < 4.78 is 5.95. The molecule has 0 saturated carbocycles. The molecule has 1 aromatic rings. The minimum Gasteiger partial charge on any atom is -0.488 e. The average molecular weight is 211 g/mol. The third-order valence-corrected chi connectivity index (χ3v) is 3.49. The van der Waals surface area contributed by atoms with Crippen LogP contribution in [0.25, 0.3) is 0 Å². The van der Waals surface area contributed by atoms with Crippen molar-refractivity contribution in [3.63, 3.8) is 0 Å². The summed E-state index contributed by atoms with van der Waals surface area (Å²) in [5, 5.41) is 3.36. The van der Waals surface area contributed by atoms with Crippen molar-refractivity contribution in [1.29, 1.82) is 0 Å². The molecule has 1 N–H and O–H groups in total. The summed E-state index contributed by atoms with van der Waals surface area (Å²) in [7, 11) is 0. The first-order valence-electron chi connectivity index (χ1n) is 5.20. The second-order valence-electron chi connectivity index (χ2n) is 3.86. The zero-order chi connectivity index (χ0) is 9.97. The fourth-order valence-electron chi connectivity index (χ4n) is 1.82. The Kier molecular flexibility index (Phi) is 3.08. The molecule has 2 rings (SSSR count). The summed E-state index contributed by atoms with van der Waals surface area (Å²) in [4.78, 5) is 2.63. The van der Waals surface area contributed by atoms with Crippen molar-refractivity contribution in [2.45, 2.75) is 32.8 Å².